The van der Waals surface area contributed by atoms with Gasteiger partial charge in [0, 0.05) is 20.2 Å². The molecule has 1 saturated heterocycles. The van der Waals surface area contributed by atoms with E-state index >= 15 is 0 Å². The van der Waals surface area contributed by atoms with E-state index < -0.39 is 0 Å². The Morgan fingerprint density at radius 2 is 2.33 bits per heavy atom. The van der Waals surface area contributed by atoms with E-state index in [4.69, 9.17) is 9.15 Å². The fourth-order valence-electron chi connectivity index (χ4n) is 2.56. The molecule has 6 heteroatoms. The van der Waals surface area contributed by atoms with Gasteiger partial charge in [0.2, 0.25) is 5.91 Å². The third-order valence-electron chi connectivity index (χ3n) is 3.79. The Bertz CT molecular complexity index is 710. The van der Waals surface area contributed by atoms with Crippen molar-refractivity contribution in [3.8, 4) is 0 Å². The quantitative estimate of drug-likeness (QED) is 0.910. The number of hydrogen-bond acceptors (Lipinski definition) is 4. The summed E-state index contributed by atoms with van der Waals surface area (Å²) in [5, 5.41) is 2.88. The first-order chi connectivity index (χ1) is 10.1. The highest BCUT2D eigenvalue weighted by molar-refractivity contribution is 5.81. The lowest BCUT2D eigenvalue weighted by Crippen LogP contribution is -2.35. The maximum atomic E-state index is 11.8. The van der Waals surface area contributed by atoms with Gasteiger partial charge in [0.25, 0.3) is 0 Å². The largest absolute Gasteiger partial charge is 0.419 e. The van der Waals surface area contributed by atoms with Crippen molar-refractivity contribution in [3.63, 3.8) is 0 Å². The molecule has 1 unspecified atom stereocenters. The molecule has 1 fully saturated rings. The number of fused-ring (bicyclic) bond motifs is 1. The van der Waals surface area contributed by atoms with Gasteiger partial charge in [-0.25, -0.2) is 4.79 Å². The van der Waals surface area contributed by atoms with Gasteiger partial charge in [0.1, 0.15) is 6.10 Å². The van der Waals surface area contributed by atoms with Crippen LogP contribution in [0.15, 0.2) is 27.4 Å². The number of rotatable bonds is 4. The molecule has 21 heavy (non-hydrogen) atoms. The van der Waals surface area contributed by atoms with Crippen molar-refractivity contribution < 1.29 is 13.9 Å². The van der Waals surface area contributed by atoms with E-state index in [9.17, 15) is 9.59 Å². The zero-order chi connectivity index (χ0) is 14.8. The molecule has 1 atom stereocenters. The Morgan fingerprint density at radius 1 is 1.48 bits per heavy atom. The minimum Gasteiger partial charge on any atom is -0.408 e. The second-order valence-electron chi connectivity index (χ2n) is 5.27. The first kappa shape index (κ1) is 13.9. The number of carbonyl (C=O) groups excluding carboxylic acids is 1. The van der Waals surface area contributed by atoms with Gasteiger partial charge in [-0.1, -0.05) is 6.07 Å². The molecule has 6 nitrogen and oxygen atoms in total. The smallest absolute Gasteiger partial charge is 0.408 e. The van der Waals surface area contributed by atoms with Gasteiger partial charge in [-0.2, -0.15) is 0 Å². The van der Waals surface area contributed by atoms with Crippen LogP contribution in [0.25, 0.3) is 11.1 Å². The SMILES string of the molecule is Cn1c(=O)oc2cc(CCNC(=O)C3CCCO3)ccc21. The number of ether oxygens (including phenoxy) is 1. The summed E-state index contributed by atoms with van der Waals surface area (Å²) >= 11 is 0. The Balaban J connectivity index is 1.60. The van der Waals surface area contributed by atoms with Crippen LogP contribution in [0.2, 0.25) is 0 Å². The first-order valence-electron chi connectivity index (χ1n) is 7.13. The molecular weight excluding hydrogens is 272 g/mol. The summed E-state index contributed by atoms with van der Waals surface area (Å²) < 4.78 is 11.9. The third-order valence-corrected chi connectivity index (χ3v) is 3.79. The fourth-order valence-corrected chi connectivity index (χ4v) is 2.56. The molecule has 0 spiro atoms. The fraction of sp³-hybridized carbons (Fsp3) is 0.467. The number of carbonyl (C=O) groups is 1. The van der Waals surface area contributed by atoms with Crippen molar-refractivity contribution in [3.05, 3.63) is 34.3 Å². The van der Waals surface area contributed by atoms with E-state index in [-0.39, 0.29) is 17.8 Å². The number of oxazole rings is 1. The number of benzene rings is 1. The van der Waals surface area contributed by atoms with Crippen LogP contribution < -0.4 is 11.1 Å². The molecule has 1 amide bonds. The Labute approximate surface area is 121 Å². The predicted octanol–water partition coefficient (Wildman–Crippen LogP) is 0.969. The number of aromatic nitrogens is 1. The van der Waals surface area contributed by atoms with Crippen molar-refractivity contribution >= 4 is 17.0 Å². The Kier molecular flexibility index (Phi) is 3.79. The van der Waals surface area contributed by atoms with Gasteiger partial charge in [0.05, 0.1) is 5.52 Å². The summed E-state index contributed by atoms with van der Waals surface area (Å²) in [5.41, 5.74) is 2.36. The molecule has 1 aromatic carbocycles. The van der Waals surface area contributed by atoms with E-state index in [2.05, 4.69) is 5.32 Å². The van der Waals surface area contributed by atoms with E-state index in [1.165, 1.54) is 4.57 Å². The molecule has 3 rings (SSSR count). The molecule has 1 aliphatic heterocycles. The van der Waals surface area contributed by atoms with Crippen LogP contribution in [0, 0.1) is 0 Å². The minimum absolute atomic E-state index is 0.0418. The Hall–Kier alpha value is -2.08. The molecule has 1 N–H and O–H groups in total. The number of nitrogens with one attached hydrogen (secondary N) is 1. The lowest BCUT2D eigenvalue weighted by molar-refractivity contribution is -0.129. The lowest BCUT2D eigenvalue weighted by atomic mass is 10.1. The molecule has 0 aliphatic carbocycles. The van der Waals surface area contributed by atoms with E-state index in [1.54, 1.807) is 7.05 Å². The monoisotopic (exact) mass is 290 g/mol. The van der Waals surface area contributed by atoms with Gasteiger partial charge in [-0.15, -0.1) is 0 Å². The second-order valence-corrected chi connectivity index (χ2v) is 5.27. The highest BCUT2D eigenvalue weighted by atomic mass is 16.5. The highest BCUT2D eigenvalue weighted by Crippen LogP contribution is 2.15. The molecule has 1 aliphatic rings. The van der Waals surface area contributed by atoms with Crippen molar-refractivity contribution in [1.82, 2.24) is 9.88 Å². The zero-order valence-corrected chi connectivity index (χ0v) is 11.9. The highest BCUT2D eigenvalue weighted by Gasteiger charge is 2.22. The van der Waals surface area contributed by atoms with Crippen molar-refractivity contribution in [2.24, 2.45) is 7.05 Å². The molecular formula is C15H18N2O4. The maximum Gasteiger partial charge on any atom is 0.419 e. The Morgan fingerprint density at radius 3 is 3.10 bits per heavy atom. The van der Waals surface area contributed by atoms with Crippen molar-refractivity contribution in [2.45, 2.75) is 25.4 Å². The van der Waals surface area contributed by atoms with Crippen molar-refractivity contribution in [2.75, 3.05) is 13.2 Å². The molecule has 1 aromatic heterocycles. The van der Waals surface area contributed by atoms with E-state index in [0.717, 1.165) is 23.9 Å². The van der Waals surface area contributed by atoms with Crippen molar-refractivity contribution in [1.29, 1.82) is 0 Å². The molecule has 2 aromatic rings. The minimum atomic E-state index is -0.367. The number of nitrogens with zero attached hydrogens (tertiary/aromatic N) is 1. The summed E-state index contributed by atoms with van der Waals surface area (Å²) in [6.07, 6.45) is 2.14. The molecule has 112 valence electrons. The molecule has 0 bridgehead atoms. The standard InChI is InChI=1S/C15H18N2O4/c1-17-11-5-4-10(9-13(11)21-15(17)19)6-7-16-14(18)12-3-2-8-20-12/h4-5,9,12H,2-3,6-8H2,1H3,(H,16,18). The summed E-state index contributed by atoms with van der Waals surface area (Å²) in [4.78, 5) is 23.2. The normalized spacial score (nSPS) is 18.2. The van der Waals surface area contributed by atoms with Gasteiger partial charge in [-0.3, -0.25) is 9.36 Å². The summed E-state index contributed by atoms with van der Waals surface area (Å²) in [7, 11) is 1.68. The number of aryl methyl sites for hydroxylation is 1. The maximum absolute atomic E-state index is 11.8. The van der Waals surface area contributed by atoms with Crippen LogP contribution in [0.3, 0.4) is 0 Å². The molecule has 2 heterocycles. The van der Waals surface area contributed by atoms with Crippen LogP contribution in [-0.4, -0.2) is 29.7 Å². The van der Waals surface area contributed by atoms with Gasteiger partial charge < -0.3 is 14.5 Å². The van der Waals surface area contributed by atoms with E-state index in [1.807, 2.05) is 18.2 Å². The van der Waals surface area contributed by atoms with Crippen LogP contribution in [-0.2, 0) is 23.0 Å². The van der Waals surface area contributed by atoms with Crippen LogP contribution in [0.1, 0.15) is 18.4 Å². The predicted molar refractivity (Wildman–Crippen MR) is 77.1 cm³/mol. The number of hydrogen-bond donors (Lipinski definition) is 1. The third kappa shape index (κ3) is 2.85. The van der Waals surface area contributed by atoms with Gasteiger partial charge >= 0.3 is 5.76 Å². The van der Waals surface area contributed by atoms with Crippen LogP contribution in [0.5, 0.6) is 0 Å². The summed E-state index contributed by atoms with van der Waals surface area (Å²) in [6, 6.07) is 5.64. The van der Waals surface area contributed by atoms with E-state index in [0.29, 0.717) is 25.2 Å². The zero-order valence-electron chi connectivity index (χ0n) is 11.9. The average Bonchev–Trinajstić information content (AvgIpc) is 3.09. The molecule has 0 saturated carbocycles. The average molecular weight is 290 g/mol. The summed E-state index contributed by atoms with van der Waals surface area (Å²) in [6.45, 7) is 1.21. The van der Waals surface area contributed by atoms with Gasteiger partial charge in [-0.05, 0) is 37.0 Å². The van der Waals surface area contributed by atoms with Crippen LogP contribution in [0.4, 0.5) is 0 Å². The van der Waals surface area contributed by atoms with Crippen LogP contribution >= 0.6 is 0 Å². The lowest BCUT2D eigenvalue weighted by Gasteiger charge is -2.10. The molecule has 0 radical (unpaired) electrons. The second kappa shape index (κ2) is 5.73. The van der Waals surface area contributed by atoms with Gasteiger partial charge in [0.15, 0.2) is 5.58 Å². The number of amides is 1. The summed E-state index contributed by atoms with van der Waals surface area (Å²) in [5.74, 6) is -0.409. The topological polar surface area (TPSA) is 73.5 Å². The first-order valence-corrected chi connectivity index (χ1v) is 7.13.